The van der Waals surface area contributed by atoms with Crippen LogP contribution in [0.5, 0.6) is 5.75 Å². The number of carboxylic acid groups (broad SMARTS) is 1. The van der Waals surface area contributed by atoms with Crippen LogP contribution in [0.2, 0.25) is 0 Å². The molecule has 2 aromatic rings. The maximum absolute atomic E-state index is 14.4. The van der Waals surface area contributed by atoms with Gasteiger partial charge >= 0.3 is 6.09 Å². The third-order valence-electron chi connectivity index (χ3n) is 5.99. The van der Waals surface area contributed by atoms with E-state index in [0.717, 1.165) is 38.8 Å². The number of halogens is 1. The molecule has 1 saturated carbocycles. The summed E-state index contributed by atoms with van der Waals surface area (Å²) in [5, 5.41) is 13.1. The predicted octanol–water partition coefficient (Wildman–Crippen LogP) is 2.64. The van der Waals surface area contributed by atoms with Gasteiger partial charge in [-0.3, -0.25) is 4.90 Å². The smallest absolute Gasteiger partial charge is 0.407 e. The van der Waals surface area contributed by atoms with E-state index in [4.69, 9.17) is 9.84 Å². The molecule has 2 fully saturated rings. The van der Waals surface area contributed by atoms with Gasteiger partial charge in [0, 0.05) is 38.3 Å². The molecule has 29 heavy (non-hydrogen) atoms. The number of benzene rings is 1. The number of hydrogen-bond acceptors (Lipinski definition) is 5. The lowest BCUT2D eigenvalue weighted by Crippen LogP contribution is -2.52. The minimum Gasteiger partial charge on any atom is -0.490 e. The first-order valence-corrected chi connectivity index (χ1v) is 10.1. The minimum absolute atomic E-state index is 0.265. The van der Waals surface area contributed by atoms with Crippen LogP contribution in [0.15, 0.2) is 30.9 Å². The molecule has 1 N–H and O–H groups in total. The summed E-state index contributed by atoms with van der Waals surface area (Å²) in [6.07, 6.45) is 6.35. The monoisotopic (exact) mass is 403 g/mol. The molecule has 1 aliphatic heterocycles. The molecule has 0 radical (unpaired) electrons. The molecular weight excluding hydrogens is 377 g/mol. The standard InChI is InChI=1S/C20H26FN5O3/c21-18-11-17(26-14-22-13-23-26)5-6-19(18)29-12-15-1-3-16(4-2-15)24-7-9-25(10-8-24)20(27)28/h5-6,11,13-16H,1-4,7-10,12H2,(H,27,28). The Morgan fingerprint density at radius 1 is 1.17 bits per heavy atom. The van der Waals surface area contributed by atoms with Crippen molar-refractivity contribution in [3.05, 3.63) is 36.7 Å². The Morgan fingerprint density at radius 2 is 1.93 bits per heavy atom. The first-order valence-electron chi connectivity index (χ1n) is 10.1. The van der Waals surface area contributed by atoms with Crippen LogP contribution in [0.4, 0.5) is 9.18 Å². The van der Waals surface area contributed by atoms with Gasteiger partial charge in [0.05, 0.1) is 12.3 Å². The van der Waals surface area contributed by atoms with E-state index in [2.05, 4.69) is 15.0 Å². The van der Waals surface area contributed by atoms with Crippen molar-refractivity contribution >= 4 is 6.09 Å². The van der Waals surface area contributed by atoms with Gasteiger partial charge in [0.2, 0.25) is 0 Å². The van der Waals surface area contributed by atoms with Crippen LogP contribution < -0.4 is 4.74 Å². The van der Waals surface area contributed by atoms with E-state index in [1.807, 2.05) is 0 Å². The first kappa shape index (κ1) is 19.6. The molecule has 0 bridgehead atoms. The summed E-state index contributed by atoms with van der Waals surface area (Å²) in [6.45, 7) is 3.30. The van der Waals surface area contributed by atoms with Gasteiger partial charge in [0.25, 0.3) is 0 Å². The van der Waals surface area contributed by atoms with Gasteiger partial charge < -0.3 is 14.7 Å². The molecule has 156 valence electrons. The Kier molecular flexibility index (Phi) is 5.94. The molecule has 1 aromatic carbocycles. The third-order valence-corrected chi connectivity index (χ3v) is 5.99. The maximum atomic E-state index is 14.4. The summed E-state index contributed by atoms with van der Waals surface area (Å²) >= 11 is 0. The molecule has 0 atom stereocenters. The van der Waals surface area contributed by atoms with Crippen LogP contribution in [-0.4, -0.2) is 74.6 Å². The zero-order valence-corrected chi connectivity index (χ0v) is 16.3. The summed E-state index contributed by atoms with van der Waals surface area (Å²) in [5.74, 6) is 0.282. The molecule has 1 aliphatic carbocycles. The number of nitrogens with zero attached hydrogens (tertiary/aromatic N) is 5. The van der Waals surface area contributed by atoms with Crippen LogP contribution >= 0.6 is 0 Å². The van der Waals surface area contributed by atoms with Crippen LogP contribution in [0.1, 0.15) is 25.7 Å². The lowest BCUT2D eigenvalue weighted by atomic mass is 9.85. The van der Waals surface area contributed by atoms with E-state index < -0.39 is 11.9 Å². The van der Waals surface area contributed by atoms with Crippen molar-refractivity contribution in [1.82, 2.24) is 24.6 Å². The lowest BCUT2D eigenvalue weighted by Gasteiger charge is -2.41. The van der Waals surface area contributed by atoms with Gasteiger partial charge in [-0.25, -0.2) is 18.9 Å². The summed E-state index contributed by atoms with van der Waals surface area (Å²) in [7, 11) is 0. The van der Waals surface area contributed by atoms with E-state index in [9.17, 15) is 9.18 Å². The summed E-state index contributed by atoms with van der Waals surface area (Å²) in [5.41, 5.74) is 0.607. The molecule has 0 spiro atoms. The van der Waals surface area contributed by atoms with Gasteiger partial charge in [0.1, 0.15) is 12.7 Å². The molecule has 1 amide bonds. The largest absolute Gasteiger partial charge is 0.490 e. The van der Waals surface area contributed by atoms with Gasteiger partial charge in [-0.2, -0.15) is 5.10 Å². The van der Waals surface area contributed by atoms with Gasteiger partial charge in [-0.05, 0) is 43.7 Å². The average molecular weight is 403 g/mol. The van der Waals surface area contributed by atoms with Crippen LogP contribution in [0, 0.1) is 11.7 Å². The number of piperazine rings is 1. The van der Waals surface area contributed by atoms with E-state index in [1.165, 1.54) is 28.3 Å². The van der Waals surface area contributed by atoms with E-state index >= 15 is 0 Å². The SMILES string of the molecule is O=C(O)N1CCN(C2CCC(COc3ccc(-n4cncn4)cc3F)CC2)CC1. The normalized spacial score (nSPS) is 23.1. The molecule has 2 aliphatic rings. The summed E-state index contributed by atoms with van der Waals surface area (Å²) < 4.78 is 21.6. The minimum atomic E-state index is -0.827. The number of hydrogen-bond donors (Lipinski definition) is 1. The Bertz CT molecular complexity index is 816. The van der Waals surface area contributed by atoms with Crippen molar-refractivity contribution < 1.29 is 19.0 Å². The molecule has 8 nitrogen and oxygen atoms in total. The number of carbonyl (C=O) groups is 1. The lowest BCUT2D eigenvalue weighted by molar-refractivity contribution is 0.0616. The van der Waals surface area contributed by atoms with Crippen molar-refractivity contribution in [1.29, 1.82) is 0 Å². The fourth-order valence-electron chi connectivity index (χ4n) is 4.25. The van der Waals surface area contributed by atoms with Crippen LogP contribution in [0.3, 0.4) is 0 Å². The number of aromatic nitrogens is 3. The van der Waals surface area contributed by atoms with Crippen LogP contribution in [0.25, 0.3) is 5.69 Å². The second-order valence-corrected chi connectivity index (χ2v) is 7.75. The number of amides is 1. The van der Waals surface area contributed by atoms with Gasteiger partial charge in [0.15, 0.2) is 11.6 Å². The summed E-state index contributed by atoms with van der Waals surface area (Å²) in [4.78, 5) is 18.8. The zero-order chi connectivity index (χ0) is 20.2. The van der Waals surface area contributed by atoms with Crippen molar-refractivity contribution in [3.63, 3.8) is 0 Å². The second-order valence-electron chi connectivity index (χ2n) is 7.75. The quantitative estimate of drug-likeness (QED) is 0.826. The molecule has 1 saturated heterocycles. The highest BCUT2D eigenvalue weighted by molar-refractivity contribution is 5.65. The Balaban J connectivity index is 1.23. The van der Waals surface area contributed by atoms with Crippen molar-refractivity contribution in [2.24, 2.45) is 5.92 Å². The number of rotatable bonds is 5. The zero-order valence-electron chi connectivity index (χ0n) is 16.3. The number of ether oxygens (including phenoxy) is 1. The topological polar surface area (TPSA) is 83.7 Å². The van der Waals surface area contributed by atoms with Gasteiger partial charge in [-0.1, -0.05) is 0 Å². The molecule has 2 heterocycles. The molecular formula is C20H26FN5O3. The highest BCUT2D eigenvalue weighted by Crippen LogP contribution is 2.29. The first-order chi connectivity index (χ1) is 14.1. The summed E-state index contributed by atoms with van der Waals surface area (Å²) in [6, 6.07) is 5.32. The highest BCUT2D eigenvalue weighted by Gasteiger charge is 2.29. The fourth-order valence-corrected chi connectivity index (χ4v) is 4.25. The molecule has 9 heteroatoms. The Labute approximate surface area is 168 Å². The predicted molar refractivity (Wildman–Crippen MR) is 104 cm³/mol. The third kappa shape index (κ3) is 4.67. The van der Waals surface area contributed by atoms with Crippen molar-refractivity contribution in [2.75, 3.05) is 32.8 Å². The van der Waals surface area contributed by atoms with E-state index in [1.54, 1.807) is 12.1 Å². The molecule has 0 unspecified atom stereocenters. The second kappa shape index (κ2) is 8.77. The molecule has 4 rings (SSSR count). The van der Waals surface area contributed by atoms with E-state index in [-0.39, 0.29) is 5.75 Å². The van der Waals surface area contributed by atoms with Crippen molar-refractivity contribution in [3.8, 4) is 11.4 Å². The fraction of sp³-hybridized carbons (Fsp3) is 0.550. The van der Waals surface area contributed by atoms with Crippen molar-refractivity contribution in [2.45, 2.75) is 31.7 Å². The molecule has 1 aromatic heterocycles. The van der Waals surface area contributed by atoms with Gasteiger partial charge in [-0.15, -0.1) is 0 Å². The average Bonchev–Trinajstić information content (AvgIpc) is 3.28. The Morgan fingerprint density at radius 3 is 2.55 bits per heavy atom. The highest BCUT2D eigenvalue weighted by atomic mass is 19.1. The maximum Gasteiger partial charge on any atom is 0.407 e. The van der Waals surface area contributed by atoms with Crippen LogP contribution in [-0.2, 0) is 0 Å². The Hall–Kier alpha value is -2.68. The van der Waals surface area contributed by atoms with E-state index in [0.29, 0.717) is 37.3 Å².